The van der Waals surface area contributed by atoms with E-state index in [-0.39, 0.29) is 5.25 Å². The lowest BCUT2D eigenvalue weighted by Crippen LogP contribution is -2.38. The number of nitrogens with zero attached hydrogens (tertiary/aromatic N) is 4. The van der Waals surface area contributed by atoms with Gasteiger partial charge < -0.3 is 14.5 Å². The molecule has 1 saturated heterocycles. The summed E-state index contributed by atoms with van der Waals surface area (Å²) in [6, 6.07) is 6.57. The van der Waals surface area contributed by atoms with Gasteiger partial charge >= 0.3 is 0 Å². The molecule has 4 heterocycles. The minimum Gasteiger partial charge on any atom is -0.383 e. The average molecular weight is 491 g/mol. The summed E-state index contributed by atoms with van der Waals surface area (Å²) in [6.07, 6.45) is 6.94. The van der Waals surface area contributed by atoms with Gasteiger partial charge in [-0.1, -0.05) is 0 Å². The monoisotopic (exact) mass is 490 g/mol. The first-order valence-electron chi connectivity index (χ1n) is 11.4. The van der Waals surface area contributed by atoms with E-state index < -0.39 is 9.84 Å². The second-order valence-corrected chi connectivity index (χ2v) is 12.6. The Morgan fingerprint density at radius 2 is 2.03 bits per heavy atom. The van der Waals surface area contributed by atoms with E-state index in [2.05, 4.69) is 51.1 Å². The van der Waals surface area contributed by atoms with Crippen molar-refractivity contribution >= 4 is 32.6 Å². The van der Waals surface area contributed by atoms with E-state index in [9.17, 15) is 8.42 Å². The topological polar surface area (TPSA) is 66.0 Å². The number of fused-ring (bicyclic) bond motifs is 1. The number of pyridine rings is 1. The van der Waals surface area contributed by atoms with Gasteiger partial charge in [-0.15, -0.1) is 11.3 Å². The second kappa shape index (κ2) is 10.1. The van der Waals surface area contributed by atoms with Crippen molar-refractivity contribution in [2.45, 2.75) is 31.2 Å². The maximum absolute atomic E-state index is 11.9. The molecule has 180 valence electrons. The molecule has 0 spiro atoms. The van der Waals surface area contributed by atoms with Crippen molar-refractivity contribution < 1.29 is 13.2 Å². The molecule has 1 fully saturated rings. The Morgan fingerprint density at radius 3 is 2.73 bits per heavy atom. The van der Waals surface area contributed by atoms with E-state index in [1.54, 1.807) is 7.11 Å². The van der Waals surface area contributed by atoms with Gasteiger partial charge in [-0.3, -0.25) is 4.90 Å². The summed E-state index contributed by atoms with van der Waals surface area (Å²) in [4.78, 5) is 14.0. The Hall–Kier alpha value is -1.94. The van der Waals surface area contributed by atoms with Gasteiger partial charge in [0.1, 0.15) is 15.7 Å². The number of thiophene rings is 1. The fourth-order valence-corrected chi connectivity index (χ4v) is 6.87. The highest BCUT2D eigenvalue weighted by Crippen LogP contribution is 2.38. The molecule has 0 unspecified atom stereocenters. The van der Waals surface area contributed by atoms with Gasteiger partial charge in [-0.05, 0) is 55.3 Å². The van der Waals surface area contributed by atoms with Crippen LogP contribution in [0.1, 0.15) is 33.7 Å². The molecule has 2 aromatic heterocycles. The van der Waals surface area contributed by atoms with Gasteiger partial charge in [0.2, 0.25) is 0 Å². The van der Waals surface area contributed by atoms with Crippen molar-refractivity contribution in [2.24, 2.45) is 0 Å². The van der Waals surface area contributed by atoms with Gasteiger partial charge in [0.15, 0.2) is 0 Å². The van der Waals surface area contributed by atoms with Crippen molar-refractivity contribution in [2.75, 3.05) is 58.6 Å². The van der Waals surface area contributed by atoms with Crippen molar-refractivity contribution in [1.82, 2.24) is 14.8 Å². The van der Waals surface area contributed by atoms with E-state index in [0.717, 1.165) is 51.4 Å². The highest BCUT2D eigenvalue weighted by Gasteiger charge is 2.27. The van der Waals surface area contributed by atoms with E-state index in [1.165, 1.54) is 32.7 Å². The molecule has 33 heavy (non-hydrogen) atoms. The van der Waals surface area contributed by atoms with Crippen molar-refractivity contribution in [3.63, 3.8) is 0 Å². The van der Waals surface area contributed by atoms with Crippen LogP contribution in [0.15, 0.2) is 30.6 Å². The molecule has 2 aliphatic heterocycles. The van der Waals surface area contributed by atoms with Crippen molar-refractivity contribution in [3.8, 4) is 0 Å². The normalized spacial score (nSPS) is 17.7. The summed E-state index contributed by atoms with van der Waals surface area (Å²) >= 11 is 1.86. The third-order valence-corrected chi connectivity index (χ3v) is 9.35. The Bertz CT molecular complexity index is 1100. The first kappa shape index (κ1) is 24.2. The maximum Gasteiger partial charge on any atom is 0.150 e. The molecular weight excluding hydrogens is 456 g/mol. The highest BCUT2D eigenvalue weighted by atomic mass is 32.2. The molecule has 0 aliphatic carbocycles. The van der Waals surface area contributed by atoms with Crippen LogP contribution in [0.25, 0.3) is 5.57 Å². The third-order valence-electron chi connectivity index (χ3n) is 6.47. The predicted molar refractivity (Wildman–Crippen MR) is 135 cm³/mol. The largest absolute Gasteiger partial charge is 0.383 e. The molecule has 9 heteroatoms. The van der Waals surface area contributed by atoms with Crippen LogP contribution in [-0.2, 0) is 27.7 Å². The fraction of sp³-hybridized carbons (Fsp3) is 0.542. The number of piperidine rings is 1. The van der Waals surface area contributed by atoms with Gasteiger partial charge in [0, 0.05) is 74.8 Å². The Balaban J connectivity index is 1.51. The van der Waals surface area contributed by atoms with Crippen LogP contribution in [0.5, 0.6) is 0 Å². The fourth-order valence-electron chi connectivity index (χ4n) is 4.56. The molecule has 0 aromatic carbocycles. The van der Waals surface area contributed by atoms with Crippen LogP contribution < -0.4 is 4.90 Å². The lowest BCUT2D eigenvalue weighted by molar-refractivity contribution is 0.206. The first-order valence-corrected chi connectivity index (χ1v) is 14.1. The number of ether oxygens (including phenoxy) is 1. The van der Waals surface area contributed by atoms with Crippen molar-refractivity contribution in [3.05, 3.63) is 51.5 Å². The van der Waals surface area contributed by atoms with Gasteiger partial charge in [-0.2, -0.15) is 0 Å². The summed E-state index contributed by atoms with van der Waals surface area (Å²) in [7, 11) is 2.93. The molecule has 2 aliphatic rings. The number of hydrogen-bond acceptors (Lipinski definition) is 8. The molecule has 0 atom stereocenters. The number of hydrogen-bond donors (Lipinski definition) is 0. The zero-order valence-corrected chi connectivity index (χ0v) is 21.6. The number of likely N-dealkylation sites (N-methyl/N-ethyl adjacent to an activating group) is 1. The summed E-state index contributed by atoms with van der Waals surface area (Å²) < 4.78 is 28.9. The zero-order valence-electron chi connectivity index (χ0n) is 20.0. The van der Waals surface area contributed by atoms with E-state index in [0.29, 0.717) is 6.61 Å². The van der Waals surface area contributed by atoms with Crippen LogP contribution in [-0.4, -0.2) is 82.2 Å². The van der Waals surface area contributed by atoms with Crippen molar-refractivity contribution in [1.29, 1.82) is 0 Å². The molecule has 4 rings (SSSR count). The number of likely N-dealkylation sites (tertiary alicyclic amines) is 1. The molecular formula is C24H34N4O3S2. The summed E-state index contributed by atoms with van der Waals surface area (Å²) in [5.74, 6) is 0.936. The molecule has 0 amide bonds. The van der Waals surface area contributed by atoms with Crippen LogP contribution in [0.2, 0.25) is 0 Å². The van der Waals surface area contributed by atoms with Crippen LogP contribution in [0.3, 0.4) is 0 Å². The van der Waals surface area contributed by atoms with E-state index >= 15 is 0 Å². The van der Waals surface area contributed by atoms with E-state index in [1.807, 2.05) is 24.6 Å². The quantitative estimate of drug-likeness (QED) is 0.563. The molecule has 7 nitrogen and oxygen atoms in total. The van der Waals surface area contributed by atoms with E-state index in [4.69, 9.17) is 4.74 Å². The standard InChI is InChI=1S/C24H34N4O3S2/c1-26-15-19-13-20(16-28-9-6-21(7-10-28)33(4,29)30)32-24(19)22(17-26)18-5-8-25-23(14-18)27(2)11-12-31-3/h5,8,13-14,17,21H,6-7,9-12,15-16H2,1-4H3. The van der Waals surface area contributed by atoms with Gasteiger partial charge in [0.25, 0.3) is 0 Å². The number of anilines is 1. The highest BCUT2D eigenvalue weighted by molar-refractivity contribution is 7.91. The number of aromatic nitrogens is 1. The predicted octanol–water partition coefficient (Wildman–Crippen LogP) is 3.07. The number of rotatable bonds is 8. The van der Waals surface area contributed by atoms with Crippen LogP contribution in [0, 0.1) is 0 Å². The first-order chi connectivity index (χ1) is 15.7. The minimum atomic E-state index is -2.94. The Morgan fingerprint density at radius 1 is 1.27 bits per heavy atom. The SMILES string of the molecule is COCCN(C)c1cc(C2=CN(C)Cc3cc(CN4CCC(S(C)(=O)=O)CC4)sc32)ccn1. The summed E-state index contributed by atoms with van der Waals surface area (Å²) in [6.45, 7) is 4.91. The molecule has 0 bridgehead atoms. The Kier molecular flexibility index (Phi) is 7.43. The minimum absolute atomic E-state index is 0.184. The zero-order chi connectivity index (χ0) is 23.6. The van der Waals surface area contributed by atoms with Crippen LogP contribution in [0.4, 0.5) is 5.82 Å². The van der Waals surface area contributed by atoms with Crippen LogP contribution >= 0.6 is 11.3 Å². The number of sulfone groups is 1. The average Bonchev–Trinajstić information content (AvgIpc) is 3.18. The van der Waals surface area contributed by atoms with Gasteiger partial charge in [-0.25, -0.2) is 13.4 Å². The molecule has 2 aromatic rings. The molecule has 0 saturated carbocycles. The third kappa shape index (κ3) is 5.77. The number of methoxy groups -OCH3 is 1. The summed E-state index contributed by atoms with van der Waals surface area (Å²) in [5, 5.41) is -0.184. The second-order valence-electron chi connectivity index (χ2n) is 9.15. The lowest BCUT2D eigenvalue weighted by atomic mass is 10.00. The molecule has 0 N–H and O–H groups in total. The Labute approximate surface area is 201 Å². The summed E-state index contributed by atoms with van der Waals surface area (Å²) in [5.41, 5.74) is 3.75. The lowest BCUT2D eigenvalue weighted by Gasteiger charge is -2.30. The smallest absolute Gasteiger partial charge is 0.150 e. The molecule has 0 radical (unpaired) electrons. The van der Waals surface area contributed by atoms with Gasteiger partial charge in [0.05, 0.1) is 11.9 Å². The maximum atomic E-state index is 11.9.